The highest BCUT2D eigenvalue weighted by molar-refractivity contribution is 6.20. The van der Waals surface area contributed by atoms with Gasteiger partial charge in [0.15, 0.2) is 0 Å². The molecular weight excluding hydrogens is 270 g/mol. The van der Waals surface area contributed by atoms with Crippen LogP contribution in [0.2, 0.25) is 0 Å². The molecule has 0 radical (unpaired) electrons. The van der Waals surface area contributed by atoms with Crippen LogP contribution in [0, 0.1) is 5.92 Å². The Morgan fingerprint density at radius 1 is 1.30 bits per heavy atom. The first kappa shape index (κ1) is 13.9. The Morgan fingerprint density at radius 3 is 2.80 bits per heavy atom. The number of amides is 1. The van der Waals surface area contributed by atoms with Crippen LogP contribution in [0.15, 0.2) is 18.2 Å². The fraction of sp³-hybridized carbons (Fsp3) is 0.588. The normalized spacial score (nSPS) is 21.1. The summed E-state index contributed by atoms with van der Waals surface area (Å²) in [5.41, 5.74) is 3.35. The Labute approximate surface area is 126 Å². The summed E-state index contributed by atoms with van der Waals surface area (Å²) in [4.78, 5) is 13.5. The molecule has 3 rings (SSSR count). The van der Waals surface area contributed by atoms with E-state index in [1.165, 1.54) is 37.7 Å². The average molecular weight is 292 g/mol. The predicted octanol–water partition coefficient (Wildman–Crippen LogP) is 4.46. The zero-order valence-corrected chi connectivity index (χ0v) is 12.8. The molecule has 0 saturated heterocycles. The number of anilines is 1. The first-order valence-electron chi connectivity index (χ1n) is 7.68. The molecule has 2 aliphatic rings. The number of carbonyl (C=O) groups is 1. The van der Waals surface area contributed by atoms with Crippen LogP contribution in [-0.2, 0) is 11.2 Å². The summed E-state index contributed by atoms with van der Waals surface area (Å²) in [5, 5.41) is 0.0874. The molecule has 1 unspecified atom stereocenters. The molecule has 1 heterocycles. The Morgan fingerprint density at radius 2 is 2.05 bits per heavy atom. The third-order valence-corrected chi connectivity index (χ3v) is 5.24. The highest BCUT2D eigenvalue weighted by Crippen LogP contribution is 2.37. The third-order valence-electron chi connectivity index (χ3n) is 4.81. The largest absolute Gasteiger partial charge is 0.315 e. The van der Waals surface area contributed by atoms with Gasteiger partial charge in [-0.3, -0.25) is 4.79 Å². The lowest BCUT2D eigenvalue weighted by Crippen LogP contribution is -2.20. The van der Waals surface area contributed by atoms with Crippen LogP contribution in [0.25, 0.3) is 0 Å². The van der Waals surface area contributed by atoms with Gasteiger partial charge in [0.25, 0.3) is 0 Å². The highest BCUT2D eigenvalue weighted by atomic mass is 35.5. The summed E-state index contributed by atoms with van der Waals surface area (Å²) in [6.07, 6.45) is 8.36. The van der Waals surface area contributed by atoms with Crippen LogP contribution in [0.1, 0.15) is 55.0 Å². The zero-order chi connectivity index (χ0) is 14.1. The van der Waals surface area contributed by atoms with Crippen molar-refractivity contribution in [3.8, 4) is 0 Å². The zero-order valence-electron chi connectivity index (χ0n) is 12.1. The summed E-state index contributed by atoms with van der Waals surface area (Å²) in [5.74, 6) is 0.958. The maximum Gasteiger partial charge on any atom is 0.231 e. The van der Waals surface area contributed by atoms with Crippen LogP contribution in [0.5, 0.6) is 0 Å². The number of rotatable bonds is 3. The fourth-order valence-electron chi connectivity index (χ4n) is 3.54. The van der Waals surface area contributed by atoms with E-state index in [-0.39, 0.29) is 11.3 Å². The average Bonchev–Trinajstić information content (AvgIpc) is 2.74. The van der Waals surface area contributed by atoms with E-state index in [9.17, 15) is 4.79 Å². The number of hydrogen-bond donors (Lipinski definition) is 0. The summed E-state index contributed by atoms with van der Waals surface area (Å²) < 4.78 is 0. The van der Waals surface area contributed by atoms with Crippen LogP contribution in [-0.4, -0.2) is 13.0 Å². The second-order valence-corrected chi connectivity index (χ2v) is 6.75. The van der Waals surface area contributed by atoms with E-state index in [4.69, 9.17) is 11.6 Å². The van der Waals surface area contributed by atoms with Crippen molar-refractivity contribution in [3.05, 3.63) is 29.3 Å². The number of halogens is 1. The van der Waals surface area contributed by atoms with Gasteiger partial charge in [0.2, 0.25) is 5.91 Å². The van der Waals surface area contributed by atoms with Crippen molar-refractivity contribution in [2.24, 2.45) is 5.92 Å². The molecule has 0 N–H and O–H groups in total. The van der Waals surface area contributed by atoms with Crippen molar-refractivity contribution in [2.75, 3.05) is 11.9 Å². The van der Waals surface area contributed by atoms with Gasteiger partial charge in [-0.25, -0.2) is 0 Å². The van der Waals surface area contributed by atoms with Gasteiger partial charge < -0.3 is 4.90 Å². The Bertz CT molecular complexity index is 508. The van der Waals surface area contributed by atoms with Crippen molar-refractivity contribution in [2.45, 2.75) is 50.3 Å². The smallest absolute Gasteiger partial charge is 0.231 e. The van der Waals surface area contributed by atoms with Gasteiger partial charge in [0.05, 0.1) is 11.8 Å². The monoisotopic (exact) mass is 291 g/mol. The standard InChI is InChI=1S/C17H22ClNO/c1-19-16-8-7-13(10-14(16)11-17(19)20)15(18)9-12-5-3-2-4-6-12/h7-8,10,12,15H,2-6,9,11H2,1H3. The topological polar surface area (TPSA) is 20.3 Å². The summed E-state index contributed by atoms with van der Waals surface area (Å²) >= 11 is 6.62. The molecule has 1 saturated carbocycles. The van der Waals surface area contributed by atoms with E-state index in [0.717, 1.165) is 23.6 Å². The molecule has 1 amide bonds. The lowest BCUT2D eigenvalue weighted by Gasteiger charge is -2.24. The number of benzene rings is 1. The van der Waals surface area contributed by atoms with E-state index in [2.05, 4.69) is 12.1 Å². The van der Waals surface area contributed by atoms with E-state index in [0.29, 0.717) is 6.42 Å². The van der Waals surface area contributed by atoms with Crippen LogP contribution >= 0.6 is 11.6 Å². The Kier molecular flexibility index (Phi) is 4.02. The Balaban J connectivity index is 1.71. The molecule has 1 fully saturated rings. The molecular formula is C17H22ClNO. The number of likely N-dealkylation sites (N-methyl/N-ethyl adjacent to an activating group) is 1. The Hall–Kier alpha value is -1.02. The number of nitrogens with zero attached hydrogens (tertiary/aromatic N) is 1. The third kappa shape index (κ3) is 2.71. The molecule has 1 aromatic rings. The first-order chi connectivity index (χ1) is 9.65. The van der Waals surface area contributed by atoms with Crippen molar-refractivity contribution >= 4 is 23.2 Å². The van der Waals surface area contributed by atoms with Gasteiger partial charge >= 0.3 is 0 Å². The second-order valence-electron chi connectivity index (χ2n) is 6.22. The molecule has 2 nitrogen and oxygen atoms in total. The van der Waals surface area contributed by atoms with Crippen molar-refractivity contribution in [1.29, 1.82) is 0 Å². The van der Waals surface area contributed by atoms with Crippen molar-refractivity contribution in [1.82, 2.24) is 0 Å². The molecule has 1 atom stereocenters. The molecule has 108 valence electrons. The molecule has 1 aliphatic heterocycles. The fourth-order valence-corrected chi connectivity index (χ4v) is 3.92. The number of hydrogen-bond acceptors (Lipinski definition) is 1. The van der Waals surface area contributed by atoms with Crippen molar-refractivity contribution < 1.29 is 4.79 Å². The predicted molar refractivity (Wildman–Crippen MR) is 83.3 cm³/mol. The van der Waals surface area contributed by atoms with E-state index in [1.54, 1.807) is 4.90 Å². The SMILES string of the molecule is CN1C(=O)Cc2cc(C(Cl)CC3CCCCC3)ccc21. The van der Waals surface area contributed by atoms with Crippen LogP contribution in [0.3, 0.4) is 0 Å². The summed E-state index contributed by atoms with van der Waals surface area (Å²) in [6, 6.07) is 6.28. The van der Waals surface area contributed by atoms with E-state index in [1.807, 2.05) is 13.1 Å². The van der Waals surface area contributed by atoms with E-state index >= 15 is 0 Å². The molecule has 0 spiro atoms. The minimum atomic E-state index is 0.0874. The van der Waals surface area contributed by atoms with Crippen LogP contribution in [0.4, 0.5) is 5.69 Å². The lowest BCUT2D eigenvalue weighted by molar-refractivity contribution is -0.117. The number of fused-ring (bicyclic) bond motifs is 1. The number of carbonyl (C=O) groups excluding carboxylic acids is 1. The van der Waals surface area contributed by atoms with Gasteiger partial charge in [0.1, 0.15) is 0 Å². The highest BCUT2D eigenvalue weighted by Gasteiger charge is 2.25. The summed E-state index contributed by atoms with van der Waals surface area (Å²) in [6.45, 7) is 0. The van der Waals surface area contributed by atoms with Gasteiger partial charge in [-0.2, -0.15) is 0 Å². The molecule has 20 heavy (non-hydrogen) atoms. The van der Waals surface area contributed by atoms with Gasteiger partial charge in [-0.15, -0.1) is 11.6 Å². The minimum absolute atomic E-state index is 0.0874. The lowest BCUT2D eigenvalue weighted by atomic mass is 9.85. The number of alkyl halides is 1. The van der Waals surface area contributed by atoms with E-state index < -0.39 is 0 Å². The molecule has 1 aliphatic carbocycles. The molecule has 1 aromatic carbocycles. The first-order valence-corrected chi connectivity index (χ1v) is 8.12. The molecule has 3 heteroatoms. The summed E-state index contributed by atoms with van der Waals surface area (Å²) in [7, 11) is 1.84. The van der Waals surface area contributed by atoms with Gasteiger partial charge in [0, 0.05) is 12.7 Å². The minimum Gasteiger partial charge on any atom is -0.315 e. The maximum absolute atomic E-state index is 11.7. The molecule has 0 bridgehead atoms. The van der Waals surface area contributed by atoms with Crippen molar-refractivity contribution in [3.63, 3.8) is 0 Å². The maximum atomic E-state index is 11.7. The quantitative estimate of drug-likeness (QED) is 0.753. The van der Waals surface area contributed by atoms with Crippen LogP contribution < -0.4 is 4.90 Å². The van der Waals surface area contributed by atoms with Gasteiger partial charge in [-0.1, -0.05) is 44.2 Å². The second kappa shape index (κ2) is 5.77. The molecule has 0 aromatic heterocycles. The van der Waals surface area contributed by atoms with Gasteiger partial charge in [-0.05, 0) is 29.5 Å².